The van der Waals surface area contributed by atoms with Crippen LogP contribution >= 0.6 is 0 Å². The van der Waals surface area contributed by atoms with E-state index in [4.69, 9.17) is 10.5 Å². The Balaban J connectivity index is 2.39. The molecule has 2 amide bonds. The number of anilines is 2. The number of amides is 2. The third-order valence-corrected chi connectivity index (χ3v) is 5.77. The number of rotatable bonds is 10. The molecule has 2 heterocycles. The predicted molar refractivity (Wildman–Crippen MR) is 124 cm³/mol. The van der Waals surface area contributed by atoms with E-state index in [2.05, 4.69) is 11.9 Å². The van der Waals surface area contributed by atoms with E-state index < -0.39 is 23.3 Å². The number of ether oxygens (including phenoxy) is 1. The first-order valence-corrected chi connectivity index (χ1v) is 11.7. The van der Waals surface area contributed by atoms with Crippen LogP contribution in [0.2, 0.25) is 0 Å². The van der Waals surface area contributed by atoms with Gasteiger partial charge in [-0.1, -0.05) is 33.1 Å². The largest absolute Gasteiger partial charge is 0.450 e. The van der Waals surface area contributed by atoms with Crippen LogP contribution in [0.5, 0.6) is 0 Å². The summed E-state index contributed by atoms with van der Waals surface area (Å²) in [7, 11) is 0. The molecule has 0 unspecified atom stereocenters. The summed E-state index contributed by atoms with van der Waals surface area (Å²) in [6.45, 7) is 7.50. The average Bonchev–Trinajstić information content (AvgIpc) is 2.77. The molecule has 180 valence electrons. The molecular formula is C22H37N5O5. The van der Waals surface area contributed by atoms with E-state index in [0.29, 0.717) is 38.9 Å². The average molecular weight is 452 g/mol. The van der Waals surface area contributed by atoms with E-state index in [-0.39, 0.29) is 30.6 Å². The van der Waals surface area contributed by atoms with E-state index in [1.165, 1.54) is 14.4 Å². The lowest BCUT2D eigenvalue weighted by Crippen LogP contribution is -2.49. The molecule has 10 nitrogen and oxygen atoms in total. The second kappa shape index (κ2) is 12.3. The van der Waals surface area contributed by atoms with Crippen LogP contribution in [0.3, 0.4) is 0 Å². The minimum Gasteiger partial charge on any atom is -0.450 e. The summed E-state index contributed by atoms with van der Waals surface area (Å²) in [4.78, 5) is 56.1. The van der Waals surface area contributed by atoms with Gasteiger partial charge in [-0.2, -0.15) is 0 Å². The monoisotopic (exact) mass is 451 g/mol. The highest BCUT2D eigenvalue weighted by Gasteiger charge is 2.34. The van der Waals surface area contributed by atoms with Crippen LogP contribution in [0.15, 0.2) is 9.59 Å². The Bertz CT molecular complexity index is 894. The minimum atomic E-state index is -0.664. The molecule has 1 aliphatic rings. The molecule has 32 heavy (non-hydrogen) atoms. The molecule has 1 aromatic rings. The third-order valence-electron chi connectivity index (χ3n) is 5.77. The molecule has 0 aromatic carbocycles. The highest BCUT2D eigenvalue weighted by Crippen LogP contribution is 2.25. The predicted octanol–water partition coefficient (Wildman–Crippen LogP) is 2.31. The van der Waals surface area contributed by atoms with Crippen LogP contribution in [-0.2, 0) is 16.1 Å². The molecule has 1 fully saturated rings. The van der Waals surface area contributed by atoms with Gasteiger partial charge in [-0.15, -0.1) is 0 Å². The molecule has 1 aromatic heterocycles. The maximum Gasteiger partial charge on any atom is 0.409 e. The third kappa shape index (κ3) is 6.14. The zero-order valence-corrected chi connectivity index (χ0v) is 19.5. The second-order valence-corrected chi connectivity index (χ2v) is 8.18. The van der Waals surface area contributed by atoms with Crippen LogP contribution in [0.4, 0.5) is 16.3 Å². The summed E-state index contributed by atoms with van der Waals surface area (Å²) in [6, 6.07) is 0. The summed E-state index contributed by atoms with van der Waals surface area (Å²) in [5, 5.41) is 0. The summed E-state index contributed by atoms with van der Waals surface area (Å²) in [5.74, 6) is -0.715. The smallest absolute Gasteiger partial charge is 0.409 e. The van der Waals surface area contributed by atoms with E-state index in [0.717, 1.165) is 25.7 Å². The van der Waals surface area contributed by atoms with Crippen molar-refractivity contribution in [2.45, 2.75) is 72.3 Å². The van der Waals surface area contributed by atoms with Gasteiger partial charge in [-0.25, -0.2) is 9.59 Å². The highest BCUT2D eigenvalue weighted by molar-refractivity contribution is 5.97. The zero-order chi connectivity index (χ0) is 23.7. The fourth-order valence-corrected chi connectivity index (χ4v) is 4.01. The minimum absolute atomic E-state index is 0.00936. The van der Waals surface area contributed by atoms with Gasteiger partial charge in [0.15, 0.2) is 5.69 Å². The van der Waals surface area contributed by atoms with Crippen LogP contribution in [0, 0.1) is 5.92 Å². The molecule has 0 saturated carbocycles. The Morgan fingerprint density at radius 3 is 2.53 bits per heavy atom. The molecule has 1 aliphatic heterocycles. The van der Waals surface area contributed by atoms with Gasteiger partial charge in [0.05, 0.1) is 12.5 Å². The van der Waals surface area contributed by atoms with Gasteiger partial charge < -0.3 is 20.3 Å². The van der Waals surface area contributed by atoms with Gasteiger partial charge in [0.2, 0.25) is 5.91 Å². The van der Waals surface area contributed by atoms with Crippen molar-refractivity contribution in [3.8, 4) is 0 Å². The van der Waals surface area contributed by atoms with Gasteiger partial charge in [0.25, 0.3) is 5.56 Å². The van der Waals surface area contributed by atoms with Gasteiger partial charge >= 0.3 is 11.8 Å². The lowest BCUT2D eigenvalue weighted by molar-refractivity contribution is -0.123. The Labute approximate surface area is 188 Å². The Morgan fingerprint density at radius 2 is 1.88 bits per heavy atom. The number of nitrogens with zero attached hydrogens (tertiary/aromatic N) is 3. The number of likely N-dealkylation sites (tertiary alicyclic amines) is 1. The van der Waals surface area contributed by atoms with Crippen molar-refractivity contribution < 1.29 is 14.3 Å². The second-order valence-electron chi connectivity index (χ2n) is 8.18. The standard InChI is InChI=1S/C22H37N5O5/c1-4-7-9-14-26(17-18(23)27(13-8-5-2)21(30)24-19(17)28)20(29)16-11-10-12-25(15-16)22(31)32-6-3/h16H,4-15,23H2,1-3H3,(H,24,28,30)/t16-/m1/s1. The number of aromatic nitrogens is 2. The number of hydrogen-bond acceptors (Lipinski definition) is 6. The van der Waals surface area contributed by atoms with Crippen LogP contribution in [0.25, 0.3) is 0 Å². The molecule has 1 atom stereocenters. The SMILES string of the molecule is CCCCCN(C(=O)[C@@H]1CCCN(C(=O)OCC)C1)c1c(N)n(CCCC)c(=O)[nH]c1=O. The molecule has 0 spiro atoms. The first kappa shape index (κ1) is 25.5. The number of nitrogens with one attached hydrogen (secondary N) is 1. The van der Waals surface area contributed by atoms with Crippen molar-refractivity contribution in [3.63, 3.8) is 0 Å². The molecule has 1 saturated heterocycles. The van der Waals surface area contributed by atoms with Gasteiger partial charge in [-0.05, 0) is 32.6 Å². The van der Waals surface area contributed by atoms with Crippen molar-refractivity contribution in [1.82, 2.24) is 14.5 Å². The number of aromatic amines is 1. The number of nitrogens with two attached hydrogens (primary N) is 1. The molecule has 0 aliphatic carbocycles. The lowest BCUT2D eigenvalue weighted by Gasteiger charge is -2.34. The van der Waals surface area contributed by atoms with Crippen molar-refractivity contribution in [1.29, 1.82) is 0 Å². The molecule has 0 radical (unpaired) electrons. The van der Waals surface area contributed by atoms with Gasteiger partial charge in [0.1, 0.15) is 5.82 Å². The Hall–Kier alpha value is -2.78. The van der Waals surface area contributed by atoms with Crippen LogP contribution in [-0.4, -0.2) is 52.7 Å². The zero-order valence-electron chi connectivity index (χ0n) is 19.5. The normalized spacial score (nSPS) is 16.1. The van der Waals surface area contributed by atoms with Crippen molar-refractivity contribution in [3.05, 3.63) is 20.8 Å². The first-order chi connectivity index (χ1) is 15.3. The van der Waals surface area contributed by atoms with Crippen LogP contribution < -0.4 is 21.9 Å². The summed E-state index contributed by atoms with van der Waals surface area (Å²) >= 11 is 0. The van der Waals surface area contributed by atoms with Crippen molar-refractivity contribution in [2.24, 2.45) is 5.92 Å². The number of carbonyl (C=O) groups is 2. The molecule has 10 heteroatoms. The highest BCUT2D eigenvalue weighted by atomic mass is 16.6. The quantitative estimate of drug-likeness (QED) is 0.525. The van der Waals surface area contributed by atoms with Crippen molar-refractivity contribution >= 4 is 23.5 Å². The van der Waals surface area contributed by atoms with E-state index in [1.54, 1.807) is 6.92 Å². The molecule has 3 N–H and O–H groups in total. The maximum absolute atomic E-state index is 13.6. The van der Waals surface area contributed by atoms with E-state index >= 15 is 0 Å². The first-order valence-electron chi connectivity index (χ1n) is 11.7. The molecular weight excluding hydrogens is 414 g/mol. The maximum atomic E-state index is 13.6. The van der Waals surface area contributed by atoms with Gasteiger partial charge in [-0.3, -0.25) is 19.1 Å². The number of H-pyrrole nitrogens is 1. The number of hydrogen-bond donors (Lipinski definition) is 2. The van der Waals surface area contributed by atoms with E-state index in [1.807, 2.05) is 6.92 Å². The van der Waals surface area contributed by atoms with Crippen LogP contribution in [0.1, 0.15) is 65.7 Å². The van der Waals surface area contributed by atoms with Crippen molar-refractivity contribution in [2.75, 3.05) is 36.9 Å². The number of carbonyl (C=O) groups excluding carboxylic acids is 2. The summed E-state index contributed by atoms with van der Waals surface area (Å²) < 4.78 is 6.41. The van der Waals surface area contributed by atoms with E-state index in [9.17, 15) is 19.2 Å². The summed E-state index contributed by atoms with van der Waals surface area (Å²) in [6.07, 6.45) is 4.94. The topological polar surface area (TPSA) is 131 Å². The summed E-state index contributed by atoms with van der Waals surface area (Å²) in [5.41, 5.74) is 5.06. The fraction of sp³-hybridized carbons (Fsp3) is 0.727. The fourth-order valence-electron chi connectivity index (χ4n) is 4.01. The number of piperidine rings is 1. The Kier molecular flexibility index (Phi) is 9.80. The lowest BCUT2D eigenvalue weighted by atomic mass is 9.96. The molecule has 0 bridgehead atoms. The Morgan fingerprint density at radius 1 is 1.16 bits per heavy atom. The molecule has 2 rings (SSSR count). The van der Waals surface area contributed by atoms with Gasteiger partial charge in [0, 0.05) is 26.2 Å². The number of unbranched alkanes of at least 4 members (excludes halogenated alkanes) is 3. The number of nitrogen functional groups attached to an aromatic ring is 1.